The Morgan fingerprint density at radius 2 is 0.402 bits per heavy atom. The Bertz CT molecular complexity index is 2070. The van der Waals surface area contributed by atoms with Gasteiger partial charge in [-0.15, -0.1) is 0 Å². The third-order valence-corrected chi connectivity index (χ3v) is 14.1. The maximum absolute atomic E-state index is 14.5. The van der Waals surface area contributed by atoms with E-state index >= 15 is 0 Å². The van der Waals surface area contributed by atoms with E-state index < -0.39 is 260 Å². The monoisotopic (exact) mass is 1190 g/mol. The van der Waals surface area contributed by atoms with Crippen LogP contribution in [0.4, 0.5) is 0 Å². The lowest BCUT2D eigenvalue weighted by atomic mass is 9.86. The van der Waals surface area contributed by atoms with Gasteiger partial charge in [-0.3, -0.25) is 43.2 Å². The number of aliphatic hydroxyl groups is 13. The van der Waals surface area contributed by atoms with Crippen molar-refractivity contribution in [2.75, 3.05) is 145 Å². The Labute approximate surface area is 473 Å². The fourth-order valence-electron chi connectivity index (χ4n) is 5.70. The zero-order chi connectivity index (χ0) is 63.8. The second kappa shape index (κ2) is 32.7. The number of esters is 9. The van der Waals surface area contributed by atoms with Crippen LogP contribution in [0, 0.1) is 54.1 Å². The molecule has 0 aromatic rings. The molecule has 0 saturated heterocycles. The predicted octanol–water partition coefficient (Wildman–Crippen LogP) is -5.79. The second-order valence-electron chi connectivity index (χ2n) is 22.9. The Morgan fingerprint density at radius 3 is 0.610 bits per heavy atom. The number of carbonyl (C=O) groups excluding carboxylic acids is 9. The predicted molar refractivity (Wildman–Crippen MR) is 271 cm³/mol. The molecule has 0 saturated carbocycles. The molecule has 0 spiro atoms. The van der Waals surface area contributed by atoms with Gasteiger partial charge in [-0.2, -0.15) is 0 Å². The standard InChI is InChI=1S/C51H86O31/c1-10-51(23-64,32-82-39(71)48(8,22-63)25-75-34(66)43(3,13-54)14-55)41(73)81-31-50(28-78-37(69)46(6,19-60)20-61,29-79-38(70)47(7,21-62)24-74-33(65)42(2,11-52)12-53)30-80-40(72)49(9,26-76-35(67)44(4,15-56)16-57)27-77-36(68)45(5,17-58)18-59/h52-64H,10-32H2,1-9H3. The average Bonchev–Trinajstić information content (AvgIpc) is 3.65. The first-order valence-corrected chi connectivity index (χ1v) is 25.5. The Hall–Kier alpha value is -5.29. The van der Waals surface area contributed by atoms with Crippen molar-refractivity contribution in [3.05, 3.63) is 0 Å². The van der Waals surface area contributed by atoms with Crippen LogP contribution in [-0.4, -0.2) is 265 Å². The third kappa shape index (κ3) is 19.4. The summed E-state index contributed by atoms with van der Waals surface area (Å²) in [4.78, 5) is 122. The lowest BCUT2D eigenvalue weighted by molar-refractivity contribution is -0.190. The van der Waals surface area contributed by atoms with Gasteiger partial charge in [0.1, 0.15) is 114 Å². The number of hydrogen-bond acceptors (Lipinski definition) is 31. The van der Waals surface area contributed by atoms with Gasteiger partial charge in [0.25, 0.3) is 0 Å². The van der Waals surface area contributed by atoms with Crippen molar-refractivity contribution >= 4 is 53.7 Å². The van der Waals surface area contributed by atoms with Gasteiger partial charge in [-0.1, -0.05) is 6.92 Å². The first kappa shape index (κ1) is 76.7. The van der Waals surface area contributed by atoms with Crippen LogP contribution in [0.25, 0.3) is 0 Å². The van der Waals surface area contributed by atoms with Crippen LogP contribution >= 0.6 is 0 Å². The zero-order valence-electron chi connectivity index (χ0n) is 47.9. The summed E-state index contributed by atoms with van der Waals surface area (Å²) < 4.78 is 48.5. The molecule has 4 unspecified atom stereocenters. The van der Waals surface area contributed by atoms with Gasteiger partial charge in [-0.05, 0) is 61.8 Å². The maximum Gasteiger partial charge on any atom is 0.318 e. The highest BCUT2D eigenvalue weighted by atomic mass is 16.6. The Morgan fingerprint density at radius 1 is 0.232 bits per heavy atom. The minimum Gasteiger partial charge on any atom is -0.464 e. The minimum atomic E-state index is -2.47. The normalized spacial score (nSPS) is 15.4. The first-order chi connectivity index (χ1) is 38.0. The van der Waals surface area contributed by atoms with Crippen LogP contribution in [0.15, 0.2) is 0 Å². The van der Waals surface area contributed by atoms with Crippen LogP contribution in [0.5, 0.6) is 0 Å². The van der Waals surface area contributed by atoms with E-state index in [2.05, 4.69) is 0 Å². The highest BCUT2D eigenvalue weighted by molar-refractivity contribution is 5.83. The van der Waals surface area contributed by atoms with Crippen LogP contribution in [-0.2, 0) is 85.8 Å². The summed E-state index contributed by atoms with van der Waals surface area (Å²) >= 11 is 0. The van der Waals surface area contributed by atoms with E-state index in [1.165, 1.54) is 6.92 Å². The summed E-state index contributed by atoms with van der Waals surface area (Å²) in [7, 11) is 0. The Kier molecular flexibility index (Phi) is 30.6. The van der Waals surface area contributed by atoms with Gasteiger partial charge >= 0.3 is 53.7 Å². The van der Waals surface area contributed by atoms with E-state index in [0.29, 0.717) is 0 Å². The number of hydrogen-bond donors (Lipinski definition) is 13. The van der Waals surface area contributed by atoms with Crippen molar-refractivity contribution in [1.29, 1.82) is 0 Å². The van der Waals surface area contributed by atoms with Crippen molar-refractivity contribution in [2.45, 2.75) is 68.7 Å². The van der Waals surface area contributed by atoms with Crippen molar-refractivity contribution in [2.24, 2.45) is 54.1 Å². The Balaban J connectivity index is 7.98. The smallest absolute Gasteiger partial charge is 0.318 e. The molecule has 4 atom stereocenters. The number of rotatable bonds is 41. The summed E-state index contributed by atoms with van der Waals surface area (Å²) in [6, 6.07) is 0. The minimum absolute atomic E-state index is 0.435. The van der Waals surface area contributed by atoms with Gasteiger partial charge in [0.15, 0.2) is 0 Å². The van der Waals surface area contributed by atoms with Crippen molar-refractivity contribution < 1.29 is 152 Å². The molecule has 31 heteroatoms. The fourth-order valence-corrected chi connectivity index (χ4v) is 5.70. The molecular formula is C51H86O31. The van der Waals surface area contributed by atoms with Gasteiger partial charge in [0.2, 0.25) is 0 Å². The summed E-state index contributed by atoms with van der Waals surface area (Å²) in [5.74, 6) is -12.1. The van der Waals surface area contributed by atoms with E-state index in [0.717, 1.165) is 55.4 Å². The van der Waals surface area contributed by atoms with E-state index in [4.69, 9.17) is 42.6 Å². The van der Waals surface area contributed by atoms with E-state index in [1.807, 2.05) is 0 Å². The molecule has 0 radical (unpaired) electrons. The SMILES string of the molecule is CCC(CO)(COC(=O)C(C)(CO)COC(=O)C(C)(CO)CO)C(=O)OCC(COC(=O)C(C)(CO)CO)(COC(=O)C(C)(CO)COC(=O)C(C)(CO)CO)COC(=O)C(C)(COC(=O)C(C)(CO)CO)COC(=O)C(C)(CO)CO. The molecule has 0 rings (SSSR count). The van der Waals surface area contributed by atoms with Crippen molar-refractivity contribution in [3.63, 3.8) is 0 Å². The molecule has 82 heavy (non-hydrogen) atoms. The maximum atomic E-state index is 14.5. The molecule has 0 amide bonds. The van der Waals surface area contributed by atoms with E-state index in [1.54, 1.807) is 0 Å². The largest absolute Gasteiger partial charge is 0.464 e. The summed E-state index contributed by atoms with van der Waals surface area (Å²) in [5, 5.41) is 129. The topological polar surface area (TPSA) is 500 Å². The molecule has 476 valence electrons. The molecule has 0 bridgehead atoms. The molecule has 0 aromatic carbocycles. The van der Waals surface area contributed by atoms with Crippen LogP contribution in [0.2, 0.25) is 0 Å². The van der Waals surface area contributed by atoms with E-state index in [-0.39, 0.29) is 0 Å². The lowest BCUT2D eigenvalue weighted by Crippen LogP contribution is -2.51. The lowest BCUT2D eigenvalue weighted by Gasteiger charge is -2.37. The van der Waals surface area contributed by atoms with Crippen LogP contribution in [0.3, 0.4) is 0 Å². The molecule has 0 fully saturated rings. The first-order valence-electron chi connectivity index (χ1n) is 25.5. The third-order valence-electron chi connectivity index (χ3n) is 14.1. The van der Waals surface area contributed by atoms with Crippen molar-refractivity contribution in [3.8, 4) is 0 Å². The average molecular weight is 1200 g/mol. The highest BCUT2D eigenvalue weighted by Crippen LogP contribution is 2.34. The highest BCUT2D eigenvalue weighted by Gasteiger charge is 2.50. The molecule has 0 heterocycles. The summed E-state index contributed by atoms with van der Waals surface area (Å²) in [6.45, 7) is -13.3. The van der Waals surface area contributed by atoms with Gasteiger partial charge in [0, 0.05) is 0 Å². The molecule has 0 aliphatic heterocycles. The second-order valence-corrected chi connectivity index (χ2v) is 22.9. The molecule has 0 aromatic heterocycles. The number of aliphatic hydroxyl groups excluding tert-OH is 13. The summed E-state index contributed by atoms with van der Waals surface area (Å²) in [5.41, 5.74) is -21.2. The molecule has 0 aliphatic carbocycles. The van der Waals surface area contributed by atoms with Gasteiger partial charge in [-0.25, -0.2) is 0 Å². The molecule has 31 nitrogen and oxygen atoms in total. The van der Waals surface area contributed by atoms with Gasteiger partial charge < -0.3 is 109 Å². The number of ether oxygens (including phenoxy) is 9. The van der Waals surface area contributed by atoms with Crippen molar-refractivity contribution in [1.82, 2.24) is 0 Å². The van der Waals surface area contributed by atoms with Gasteiger partial charge in [0.05, 0.1) is 85.9 Å². The molecule has 13 N–H and O–H groups in total. The van der Waals surface area contributed by atoms with Crippen LogP contribution < -0.4 is 0 Å². The quantitative estimate of drug-likeness (QED) is 0.0200. The zero-order valence-corrected chi connectivity index (χ0v) is 47.9. The fraction of sp³-hybridized carbons (Fsp3) is 0.824. The molecular weight excluding hydrogens is 1110 g/mol. The summed E-state index contributed by atoms with van der Waals surface area (Å²) in [6.07, 6.45) is -0.435. The molecule has 0 aliphatic rings. The van der Waals surface area contributed by atoms with Crippen LogP contribution in [0.1, 0.15) is 68.7 Å². The van der Waals surface area contributed by atoms with E-state index in [9.17, 15) is 110 Å². The number of carbonyl (C=O) groups is 9.